The Morgan fingerprint density at radius 3 is 1.79 bits per heavy atom. The number of unbranched alkanes of at least 4 members (excludes halogenated alkanes) is 9. The Labute approximate surface area is 274 Å². The molecular weight excluding hydrogens is 615 g/mol. The van der Waals surface area contributed by atoms with Crippen molar-refractivity contribution < 1.29 is 22.7 Å². The average Bonchev–Trinajstić information content (AvgIpc) is 3.37. The Hall–Kier alpha value is -1.82. The zero-order valence-corrected chi connectivity index (χ0v) is 29.9. The van der Waals surface area contributed by atoms with Crippen LogP contribution in [0.2, 0.25) is 9.79 Å². The molecule has 2 aromatic rings. The number of nitrogens with zero attached hydrogens (tertiary/aromatic N) is 2. The number of hydrogen-bond donors (Lipinski definition) is 0. The van der Waals surface area contributed by atoms with E-state index < -0.39 is 0 Å². The summed E-state index contributed by atoms with van der Waals surface area (Å²) in [5, 5.41) is 0. The van der Waals surface area contributed by atoms with Gasteiger partial charge in [0.15, 0.2) is 0 Å². The standard InChI is InChI=1S/C32H44N2.2C4H9.Pd/c1-4-7-10-11-12-13-16-26-20-22-28(23-21-26)32-30(18-9-6-3)25-31(34(32)33)29-19-14-17-27(24-29)15-8-5-2;2*1-3-4-2;/h14,17,19-25H,4-13,15-16,18H2,1-3H3;2*1,3-4H2,2H3;. The van der Waals surface area contributed by atoms with Gasteiger partial charge >= 0.3 is 67.3 Å². The first-order valence-electron chi connectivity index (χ1n) is 17.7. The van der Waals surface area contributed by atoms with Crippen LogP contribution < -0.4 is 0 Å². The average molecular weight is 677 g/mol. The van der Waals surface area contributed by atoms with Crippen LogP contribution in [0.3, 0.4) is 0 Å². The van der Waals surface area contributed by atoms with Gasteiger partial charge in [-0.25, -0.2) is 4.70 Å². The van der Waals surface area contributed by atoms with E-state index >= 15 is 0 Å². The van der Waals surface area contributed by atoms with Gasteiger partial charge in [-0.2, -0.15) is 0 Å². The first kappa shape index (κ1) is 37.4. The maximum absolute atomic E-state index is 11.3. The molecule has 0 amide bonds. The Kier molecular flexibility index (Phi) is 20.5. The maximum atomic E-state index is 11.3. The molecule has 1 aliphatic heterocycles. The van der Waals surface area contributed by atoms with Crippen LogP contribution in [-0.4, -0.2) is 4.70 Å². The predicted octanol–water partition coefficient (Wildman–Crippen LogP) is 13.4. The molecular formula is C40H62N2Pd. The van der Waals surface area contributed by atoms with Crippen molar-refractivity contribution >= 4 is 11.4 Å². The molecule has 1 heterocycles. The second-order valence-electron chi connectivity index (χ2n) is 12.0. The van der Waals surface area contributed by atoms with Crippen molar-refractivity contribution in [2.75, 3.05) is 0 Å². The summed E-state index contributed by atoms with van der Waals surface area (Å²) in [6.07, 6.45) is 23.7. The molecule has 3 rings (SSSR count). The quantitative estimate of drug-likeness (QED) is 0.0714. The summed E-state index contributed by atoms with van der Waals surface area (Å²) < 4.78 is 1.44. The first-order chi connectivity index (χ1) is 21.1. The monoisotopic (exact) mass is 676 g/mol. The van der Waals surface area contributed by atoms with Crippen LogP contribution >= 0.6 is 0 Å². The second-order valence-corrected chi connectivity index (χ2v) is 14.4. The molecule has 0 aromatic heterocycles. The summed E-state index contributed by atoms with van der Waals surface area (Å²) in [5.74, 6) is 0. The van der Waals surface area contributed by atoms with E-state index in [-0.39, 0.29) is 0 Å². The molecule has 0 N–H and O–H groups in total. The molecule has 2 nitrogen and oxygen atoms in total. The minimum absolute atomic E-state index is 0.899. The molecule has 2 aromatic carbocycles. The minimum atomic E-state index is 0.899. The van der Waals surface area contributed by atoms with E-state index in [2.05, 4.69) is 89.2 Å². The number of allylic oxidation sites excluding steroid dienone is 2. The number of hydrogen-bond acceptors (Lipinski definition) is 0. The molecule has 242 valence electrons. The van der Waals surface area contributed by atoms with Gasteiger partial charge in [0.25, 0.3) is 0 Å². The van der Waals surface area contributed by atoms with E-state index in [1.807, 2.05) is 0 Å². The van der Waals surface area contributed by atoms with Gasteiger partial charge in [-0.05, 0) is 73.9 Å². The molecule has 0 aliphatic carbocycles. The molecule has 0 spiro atoms. The third-order valence-corrected chi connectivity index (χ3v) is 10.3. The molecule has 0 atom stereocenters. The molecule has 1 aliphatic rings. The number of aryl methyl sites for hydroxylation is 2. The molecule has 0 saturated carbocycles. The van der Waals surface area contributed by atoms with E-state index in [0.717, 1.165) is 72.6 Å². The van der Waals surface area contributed by atoms with Gasteiger partial charge in [-0.15, -0.1) is 0 Å². The summed E-state index contributed by atoms with van der Waals surface area (Å²) in [6, 6.07) is 17.6. The second kappa shape index (κ2) is 23.5. The van der Waals surface area contributed by atoms with Crippen molar-refractivity contribution in [3.63, 3.8) is 0 Å². The molecule has 43 heavy (non-hydrogen) atoms. The van der Waals surface area contributed by atoms with Gasteiger partial charge in [0.05, 0.1) is 0 Å². The third-order valence-electron chi connectivity index (χ3n) is 8.10. The zero-order valence-electron chi connectivity index (χ0n) is 28.3. The fourth-order valence-corrected chi connectivity index (χ4v) is 7.55. The van der Waals surface area contributed by atoms with Gasteiger partial charge in [0.1, 0.15) is 0 Å². The molecule has 0 fully saturated rings. The van der Waals surface area contributed by atoms with Crippen molar-refractivity contribution in [1.82, 2.24) is 0 Å². The first-order valence-corrected chi connectivity index (χ1v) is 19.9. The van der Waals surface area contributed by atoms with Crippen LogP contribution in [0.25, 0.3) is 16.9 Å². The third kappa shape index (κ3) is 14.2. The van der Waals surface area contributed by atoms with E-state index in [1.54, 1.807) is 0 Å². The van der Waals surface area contributed by atoms with Gasteiger partial charge in [-0.3, -0.25) is 0 Å². The summed E-state index contributed by atoms with van der Waals surface area (Å²) in [6.45, 7) is 11.3. The molecule has 3 heteroatoms. The molecule has 0 unspecified atom stereocenters. The van der Waals surface area contributed by atoms with Gasteiger partial charge < -0.3 is 5.53 Å². The van der Waals surface area contributed by atoms with E-state index in [1.165, 1.54) is 108 Å². The van der Waals surface area contributed by atoms with Crippen LogP contribution in [-0.2, 0) is 30.8 Å². The molecule has 0 radical (unpaired) electrons. The fourth-order valence-electron chi connectivity index (χ4n) is 5.29. The van der Waals surface area contributed by atoms with Gasteiger partial charge in [0.2, 0.25) is 11.4 Å². The summed E-state index contributed by atoms with van der Waals surface area (Å²) in [7, 11) is 0. The van der Waals surface area contributed by atoms with E-state index in [0.29, 0.717) is 0 Å². The number of benzene rings is 2. The Morgan fingerprint density at radius 2 is 1.14 bits per heavy atom. The Morgan fingerprint density at radius 1 is 0.558 bits per heavy atom. The fraction of sp³-hybridized carbons (Fsp3) is 0.600. The van der Waals surface area contributed by atoms with Crippen LogP contribution in [0.4, 0.5) is 0 Å². The van der Waals surface area contributed by atoms with Crippen molar-refractivity contribution in [2.24, 2.45) is 0 Å². The predicted molar refractivity (Wildman–Crippen MR) is 186 cm³/mol. The van der Waals surface area contributed by atoms with Crippen LogP contribution in [0.1, 0.15) is 153 Å². The topological polar surface area (TPSA) is 25.3 Å². The van der Waals surface area contributed by atoms with E-state index in [9.17, 15) is 5.53 Å². The normalized spacial score (nSPS) is 13.0. The Bertz CT molecular complexity index is 1090. The molecule has 0 saturated heterocycles. The summed E-state index contributed by atoms with van der Waals surface area (Å²) in [4.78, 5) is 3.01. The summed E-state index contributed by atoms with van der Waals surface area (Å²) >= 11 is 1.07. The van der Waals surface area contributed by atoms with E-state index in [4.69, 9.17) is 0 Å². The van der Waals surface area contributed by atoms with Gasteiger partial charge in [-0.1, -0.05) is 90.0 Å². The van der Waals surface area contributed by atoms with Crippen molar-refractivity contribution in [1.29, 1.82) is 0 Å². The molecule has 0 bridgehead atoms. The van der Waals surface area contributed by atoms with Gasteiger partial charge in [0, 0.05) is 22.8 Å². The van der Waals surface area contributed by atoms with Crippen molar-refractivity contribution in [3.8, 4) is 0 Å². The SMILES string of the molecule is CCCCCCCCc1ccc(C2=C(CCCC)C=C(c3cccc(CCCC)c3)[N+]2=[N-])cc1.CCC[CH2][Pd][CH2]CCC. The zero-order chi connectivity index (χ0) is 31.1. The van der Waals surface area contributed by atoms with Crippen molar-refractivity contribution in [2.45, 2.75) is 154 Å². The van der Waals surface area contributed by atoms with Crippen LogP contribution in [0, 0.1) is 0 Å². The van der Waals surface area contributed by atoms with Crippen LogP contribution in [0.5, 0.6) is 0 Å². The summed E-state index contributed by atoms with van der Waals surface area (Å²) in [5.41, 5.74) is 19.3. The van der Waals surface area contributed by atoms with Crippen molar-refractivity contribution in [3.05, 3.63) is 88.0 Å². The number of rotatable bonds is 21. The Balaban J connectivity index is 0.000000621. The van der Waals surface area contributed by atoms with Crippen LogP contribution in [0.15, 0.2) is 60.2 Å².